The number of carbonyl (C=O) groups is 1. The van der Waals surface area contributed by atoms with Crippen LogP contribution in [0.15, 0.2) is 4.99 Å². The minimum Gasteiger partial charge on any atom is -0.270 e. The summed E-state index contributed by atoms with van der Waals surface area (Å²) in [6.07, 6.45) is 15.7. The van der Waals surface area contributed by atoms with Gasteiger partial charge in [0.25, 0.3) is 5.91 Å². The molecule has 0 aromatic heterocycles. The van der Waals surface area contributed by atoms with E-state index in [9.17, 15) is 4.79 Å². The number of hydrazine groups is 1. The molecule has 2 fully saturated rings. The lowest BCUT2D eigenvalue weighted by molar-refractivity contribution is -0.134. The molecule has 1 amide bonds. The van der Waals surface area contributed by atoms with Gasteiger partial charge in [0.2, 0.25) is 0 Å². The lowest BCUT2D eigenvalue weighted by atomic mass is 9.80. The Bertz CT molecular complexity index is 455. The lowest BCUT2D eigenvalue weighted by Crippen LogP contribution is -2.52. The van der Waals surface area contributed by atoms with E-state index in [-0.39, 0.29) is 5.91 Å². The maximum Gasteiger partial charge on any atom is 0.270 e. The van der Waals surface area contributed by atoms with Crippen LogP contribution in [0.4, 0.5) is 0 Å². The van der Waals surface area contributed by atoms with Crippen molar-refractivity contribution in [2.24, 2.45) is 10.9 Å². The van der Waals surface area contributed by atoms with Crippen LogP contribution in [-0.4, -0.2) is 33.9 Å². The van der Waals surface area contributed by atoms with E-state index in [1.54, 1.807) is 16.8 Å². The van der Waals surface area contributed by atoms with Crippen molar-refractivity contribution in [2.45, 2.75) is 89.1 Å². The average molecular weight is 338 g/mol. The molecule has 3 rings (SSSR count). The Morgan fingerprint density at radius 2 is 1.74 bits per heavy atom. The second-order valence-electron chi connectivity index (χ2n) is 7.69. The molecule has 0 bridgehead atoms. The number of nitrogens with one attached hydrogen (secondary N) is 1. The first kappa shape index (κ1) is 17.3. The van der Waals surface area contributed by atoms with Gasteiger partial charge >= 0.3 is 0 Å². The van der Waals surface area contributed by atoms with Crippen LogP contribution < -0.4 is 5.43 Å². The van der Waals surface area contributed by atoms with E-state index >= 15 is 0 Å². The van der Waals surface area contributed by atoms with Crippen molar-refractivity contribution in [3.05, 3.63) is 0 Å². The fourth-order valence-corrected chi connectivity index (χ4v) is 5.00. The summed E-state index contributed by atoms with van der Waals surface area (Å²) in [5, 5.41) is 2.64. The van der Waals surface area contributed by atoms with Crippen LogP contribution in [0, 0.1) is 5.92 Å². The molecule has 1 unspecified atom stereocenters. The van der Waals surface area contributed by atoms with Crippen molar-refractivity contribution in [1.29, 1.82) is 0 Å². The van der Waals surface area contributed by atoms with Crippen LogP contribution in [-0.2, 0) is 4.79 Å². The third-order valence-electron chi connectivity index (χ3n) is 5.71. The first-order chi connectivity index (χ1) is 11.1. The zero-order valence-electron chi connectivity index (χ0n) is 14.6. The largest absolute Gasteiger partial charge is 0.270 e. The average Bonchev–Trinajstić information content (AvgIpc) is 2.81. The minimum atomic E-state index is -0.554. The highest BCUT2D eigenvalue weighted by Crippen LogP contribution is 2.37. The van der Waals surface area contributed by atoms with Gasteiger partial charge in [-0.05, 0) is 38.4 Å². The van der Waals surface area contributed by atoms with Gasteiger partial charge < -0.3 is 0 Å². The van der Waals surface area contributed by atoms with Crippen LogP contribution in [0.3, 0.4) is 0 Å². The molecule has 1 atom stereocenters. The normalized spacial score (nSPS) is 30.8. The Morgan fingerprint density at radius 1 is 1.13 bits per heavy atom. The van der Waals surface area contributed by atoms with Crippen molar-refractivity contribution in [3.63, 3.8) is 0 Å². The molecule has 0 saturated heterocycles. The molecule has 4 nitrogen and oxygen atoms in total. The zero-order valence-corrected chi connectivity index (χ0v) is 15.5. The van der Waals surface area contributed by atoms with E-state index < -0.39 is 5.54 Å². The summed E-state index contributed by atoms with van der Waals surface area (Å²) in [4.78, 5) is 17.9. The van der Waals surface area contributed by atoms with Gasteiger partial charge in [0.15, 0.2) is 5.17 Å². The van der Waals surface area contributed by atoms with E-state index in [4.69, 9.17) is 4.99 Å². The Morgan fingerprint density at radius 3 is 2.35 bits per heavy atom. The number of rotatable bonds is 4. The van der Waals surface area contributed by atoms with E-state index in [1.165, 1.54) is 64.2 Å². The first-order valence-corrected chi connectivity index (χ1v) is 10.6. The quantitative estimate of drug-likeness (QED) is 0.839. The molecule has 0 aromatic rings. The van der Waals surface area contributed by atoms with Crippen LogP contribution in [0.1, 0.15) is 77.6 Å². The van der Waals surface area contributed by atoms with Crippen molar-refractivity contribution in [3.8, 4) is 0 Å². The highest BCUT2D eigenvalue weighted by molar-refractivity contribution is 8.13. The molecule has 2 saturated carbocycles. The van der Waals surface area contributed by atoms with E-state index in [0.717, 1.165) is 11.6 Å². The third-order valence-corrected chi connectivity index (χ3v) is 6.35. The molecular formula is C18H31N3OS. The summed E-state index contributed by atoms with van der Waals surface area (Å²) in [7, 11) is 0. The summed E-state index contributed by atoms with van der Waals surface area (Å²) in [6.45, 7) is 2.04. The van der Waals surface area contributed by atoms with Crippen molar-refractivity contribution < 1.29 is 4.79 Å². The third kappa shape index (κ3) is 3.93. The fraction of sp³-hybridized carbons (Fsp3) is 0.889. The number of thioether (sulfide) groups is 1. The van der Waals surface area contributed by atoms with Gasteiger partial charge in [-0.3, -0.25) is 4.79 Å². The van der Waals surface area contributed by atoms with Gasteiger partial charge in [-0.15, -0.1) is 0 Å². The molecule has 23 heavy (non-hydrogen) atoms. The van der Waals surface area contributed by atoms with Crippen LogP contribution in [0.5, 0.6) is 0 Å². The molecule has 1 aliphatic heterocycles. The topological polar surface area (TPSA) is 44.7 Å². The summed E-state index contributed by atoms with van der Waals surface area (Å²) in [6, 6.07) is 0.432. The predicted octanol–water partition coefficient (Wildman–Crippen LogP) is 4.11. The van der Waals surface area contributed by atoms with Crippen molar-refractivity contribution in [2.75, 3.05) is 6.26 Å². The minimum absolute atomic E-state index is 0.165. The number of hydrogen-bond donors (Lipinski definition) is 1. The number of hydrogen-bond acceptors (Lipinski definition) is 4. The number of nitrogens with zero attached hydrogens (tertiary/aromatic N) is 2. The maximum absolute atomic E-state index is 13.1. The van der Waals surface area contributed by atoms with Gasteiger partial charge in [-0.1, -0.05) is 63.1 Å². The summed E-state index contributed by atoms with van der Waals surface area (Å²) < 4.78 is 0. The molecule has 1 N–H and O–H groups in total. The summed E-state index contributed by atoms with van der Waals surface area (Å²) >= 11 is 1.59. The molecule has 3 aliphatic rings. The van der Waals surface area contributed by atoms with Gasteiger partial charge in [0.1, 0.15) is 5.54 Å². The van der Waals surface area contributed by atoms with Crippen molar-refractivity contribution in [1.82, 2.24) is 10.4 Å². The molecule has 130 valence electrons. The molecular weight excluding hydrogens is 306 g/mol. The SMILES string of the molecule is CSC1=NC(C)(CC2CCCCC2)C(=O)N1NC1CCCCC1. The van der Waals surface area contributed by atoms with Crippen LogP contribution >= 0.6 is 11.8 Å². The lowest BCUT2D eigenvalue weighted by Gasteiger charge is -2.31. The number of amidine groups is 1. The zero-order chi connectivity index (χ0) is 16.3. The van der Waals surface area contributed by atoms with Gasteiger partial charge in [-0.25, -0.2) is 15.4 Å². The molecule has 2 aliphatic carbocycles. The molecule has 0 radical (unpaired) electrons. The number of amides is 1. The molecule has 0 spiro atoms. The summed E-state index contributed by atoms with van der Waals surface area (Å²) in [5.41, 5.74) is 2.94. The fourth-order valence-electron chi connectivity index (χ4n) is 4.39. The van der Waals surface area contributed by atoms with E-state index in [0.29, 0.717) is 12.0 Å². The second kappa shape index (κ2) is 7.56. The number of carbonyl (C=O) groups excluding carboxylic acids is 1. The van der Waals surface area contributed by atoms with Gasteiger partial charge in [-0.2, -0.15) is 0 Å². The van der Waals surface area contributed by atoms with Crippen molar-refractivity contribution >= 4 is 22.8 Å². The number of aliphatic imine (C=N–C) groups is 1. The standard InChI is InChI=1S/C18H31N3OS/c1-18(13-14-9-5-3-6-10-14)16(22)21(17(19-18)23-2)20-15-11-7-4-8-12-15/h14-15,20H,3-13H2,1-2H3. The second-order valence-corrected chi connectivity index (χ2v) is 8.46. The monoisotopic (exact) mass is 337 g/mol. The van der Waals surface area contributed by atoms with Crippen LogP contribution in [0.25, 0.3) is 0 Å². The highest BCUT2D eigenvalue weighted by atomic mass is 32.2. The predicted molar refractivity (Wildman–Crippen MR) is 97.4 cm³/mol. The maximum atomic E-state index is 13.1. The molecule has 5 heteroatoms. The first-order valence-electron chi connectivity index (χ1n) is 9.37. The molecule has 0 aromatic carbocycles. The smallest absolute Gasteiger partial charge is 0.270 e. The Labute approximate surface area is 144 Å². The Kier molecular flexibility index (Phi) is 5.68. The Hall–Kier alpha value is -0.550. The Balaban J connectivity index is 1.67. The van der Waals surface area contributed by atoms with E-state index in [2.05, 4.69) is 5.43 Å². The van der Waals surface area contributed by atoms with Gasteiger partial charge in [0, 0.05) is 6.04 Å². The van der Waals surface area contributed by atoms with Gasteiger partial charge in [0.05, 0.1) is 0 Å². The summed E-state index contributed by atoms with van der Waals surface area (Å²) in [5.74, 6) is 0.831. The highest BCUT2D eigenvalue weighted by Gasteiger charge is 2.46. The van der Waals surface area contributed by atoms with E-state index in [1.807, 2.05) is 13.2 Å². The molecule has 1 heterocycles. The van der Waals surface area contributed by atoms with Crippen LogP contribution in [0.2, 0.25) is 0 Å².